The van der Waals surface area contributed by atoms with Crippen molar-refractivity contribution in [1.29, 1.82) is 0 Å². The fraction of sp³-hybridized carbons (Fsp3) is 0.294. The van der Waals surface area contributed by atoms with E-state index in [1.807, 2.05) is 5.51 Å². The van der Waals surface area contributed by atoms with Crippen LogP contribution in [0.3, 0.4) is 0 Å². The number of hydrogen-bond acceptors (Lipinski definition) is 4. The highest BCUT2D eigenvalue weighted by Crippen LogP contribution is 2.47. The first kappa shape index (κ1) is 13.8. The highest BCUT2D eigenvalue weighted by molar-refractivity contribution is 7.16. The van der Waals surface area contributed by atoms with E-state index in [1.54, 1.807) is 23.6 Å². The zero-order valence-electron chi connectivity index (χ0n) is 12.1. The molecule has 0 spiro atoms. The predicted octanol–water partition coefficient (Wildman–Crippen LogP) is 3.65. The molecule has 4 rings (SSSR count). The third-order valence-corrected chi connectivity index (χ3v) is 5.11. The van der Waals surface area contributed by atoms with Gasteiger partial charge >= 0.3 is 0 Å². The summed E-state index contributed by atoms with van der Waals surface area (Å²) in [6.07, 6.45) is 3.67. The number of pyridine rings is 1. The molecule has 0 saturated heterocycles. The van der Waals surface area contributed by atoms with Crippen molar-refractivity contribution in [3.63, 3.8) is 0 Å². The Bertz CT molecular complexity index is 810. The minimum Gasteiger partial charge on any atom is -0.312 e. The van der Waals surface area contributed by atoms with Crippen molar-refractivity contribution >= 4 is 21.6 Å². The molecule has 112 valence electrons. The van der Waals surface area contributed by atoms with Crippen molar-refractivity contribution in [2.24, 2.45) is 0 Å². The molecular weight excluding hydrogens is 297 g/mol. The Morgan fingerprint density at radius 2 is 2.14 bits per heavy atom. The van der Waals surface area contributed by atoms with Crippen LogP contribution >= 0.6 is 11.3 Å². The minimum absolute atomic E-state index is 0.115. The predicted molar refractivity (Wildman–Crippen MR) is 86.4 cm³/mol. The number of rotatable bonds is 5. The van der Waals surface area contributed by atoms with E-state index in [1.165, 1.54) is 16.3 Å². The lowest BCUT2D eigenvalue weighted by Crippen LogP contribution is -2.28. The molecule has 5 heteroatoms. The van der Waals surface area contributed by atoms with E-state index < -0.39 is 0 Å². The van der Waals surface area contributed by atoms with Gasteiger partial charge in [0.25, 0.3) is 0 Å². The highest BCUT2D eigenvalue weighted by Gasteiger charge is 2.46. The second-order valence-electron chi connectivity index (χ2n) is 5.87. The van der Waals surface area contributed by atoms with Crippen LogP contribution in [-0.4, -0.2) is 16.5 Å². The number of benzene rings is 1. The molecule has 0 unspecified atom stereocenters. The topological polar surface area (TPSA) is 37.8 Å². The lowest BCUT2D eigenvalue weighted by atomic mass is 10.0. The summed E-state index contributed by atoms with van der Waals surface area (Å²) in [5.74, 6) is -0.189. The monoisotopic (exact) mass is 313 g/mol. The van der Waals surface area contributed by atoms with E-state index in [0.29, 0.717) is 5.69 Å². The molecule has 0 aliphatic heterocycles. The summed E-state index contributed by atoms with van der Waals surface area (Å²) in [5.41, 5.74) is 4.61. The van der Waals surface area contributed by atoms with Gasteiger partial charge in [0.05, 0.1) is 21.4 Å². The lowest BCUT2D eigenvalue weighted by Gasteiger charge is -2.16. The van der Waals surface area contributed by atoms with Crippen LogP contribution in [0, 0.1) is 5.82 Å². The Balaban J connectivity index is 1.43. The lowest BCUT2D eigenvalue weighted by molar-refractivity contribution is 0.515. The van der Waals surface area contributed by atoms with Gasteiger partial charge in [0, 0.05) is 24.7 Å². The van der Waals surface area contributed by atoms with Gasteiger partial charge in [-0.15, -0.1) is 11.3 Å². The minimum atomic E-state index is -0.189. The van der Waals surface area contributed by atoms with Crippen molar-refractivity contribution in [3.05, 3.63) is 59.1 Å². The van der Waals surface area contributed by atoms with Crippen LogP contribution in [-0.2, 0) is 12.0 Å². The smallest absolute Gasteiger partial charge is 0.145 e. The van der Waals surface area contributed by atoms with Gasteiger partial charge in [-0.2, -0.15) is 0 Å². The van der Waals surface area contributed by atoms with Crippen LogP contribution in [0.4, 0.5) is 4.39 Å². The van der Waals surface area contributed by atoms with Crippen molar-refractivity contribution in [3.8, 4) is 0 Å². The molecule has 3 aromatic rings. The number of hydrogen-bond donors (Lipinski definition) is 1. The van der Waals surface area contributed by atoms with Crippen LogP contribution in [0.1, 0.15) is 24.1 Å². The number of nitrogens with one attached hydrogen (secondary N) is 1. The maximum atomic E-state index is 13.9. The van der Waals surface area contributed by atoms with Gasteiger partial charge in [-0.25, -0.2) is 9.37 Å². The normalized spacial score (nSPS) is 16.0. The quantitative estimate of drug-likeness (QED) is 0.781. The van der Waals surface area contributed by atoms with Crippen LogP contribution in [0.25, 0.3) is 10.2 Å². The number of nitrogens with zero attached hydrogens (tertiary/aromatic N) is 2. The van der Waals surface area contributed by atoms with E-state index in [9.17, 15) is 4.39 Å². The second kappa shape index (κ2) is 5.41. The van der Waals surface area contributed by atoms with Gasteiger partial charge in [0.2, 0.25) is 0 Å². The van der Waals surface area contributed by atoms with Gasteiger partial charge < -0.3 is 5.32 Å². The first-order valence-electron chi connectivity index (χ1n) is 7.41. The Hall–Kier alpha value is -1.85. The number of thiazole rings is 1. The van der Waals surface area contributed by atoms with E-state index in [4.69, 9.17) is 0 Å². The third-order valence-electron chi connectivity index (χ3n) is 4.30. The summed E-state index contributed by atoms with van der Waals surface area (Å²) in [4.78, 5) is 8.59. The number of fused-ring (bicyclic) bond motifs is 1. The first-order chi connectivity index (χ1) is 10.8. The average Bonchev–Trinajstić information content (AvgIpc) is 3.16. The highest BCUT2D eigenvalue weighted by atomic mass is 32.1. The van der Waals surface area contributed by atoms with Crippen molar-refractivity contribution in [1.82, 2.24) is 15.3 Å². The Kier molecular flexibility index (Phi) is 3.39. The Labute approximate surface area is 132 Å². The fourth-order valence-corrected chi connectivity index (χ4v) is 3.54. The summed E-state index contributed by atoms with van der Waals surface area (Å²) in [6.45, 7) is 1.53. The SMILES string of the molecule is Fc1cccnc1C1(CNCc2ccc3scnc3c2)CC1. The van der Waals surface area contributed by atoms with Crippen LogP contribution in [0.15, 0.2) is 42.0 Å². The van der Waals surface area contributed by atoms with E-state index in [2.05, 4.69) is 33.5 Å². The van der Waals surface area contributed by atoms with E-state index >= 15 is 0 Å². The molecule has 3 nitrogen and oxygen atoms in total. The third kappa shape index (κ3) is 2.51. The van der Waals surface area contributed by atoms with Crippen molar-refractivity contribution < 1.29 is 4.39 Å². The average molecular weight is 313 g/mol. The Morgan fingerprint density at radius 1 is 1.23 bits per heavy atom. The van der Waals surface area contributed by atoms with Crippen LogP contribution in [0.5, 0.6) is 0 Å². The summed E-state index contributed by atoms with van der Waals surface area (Å²) >= 11 is 1.65. The largest absolute Gasteiger partial charge is 0.312 e. The molecule has 0 bridgehead atoms. The molecule has 1 aromatic carbocycles. The molecule has 1 fully saturated rings. The van der Waals surface area contributed by atoms with Gasteiger partial charge in [-0.1, -0.05) is 6.07 Å². The van der Waals surface area contributed by atoms with E-state index in [-0.39, 0.29) is 11.2 Å². The molecule has 1 aliphatic carbocycles. The van der Waals surface area contributed by atoms with Gasteiger partial charge in [-0.05, 0) is 42.7 Å². The van der Waals surface area contributed by atoms with Gasteiger partial charge in [0.1, 0.15) is 5.82 Å². The maximum Gasteiger partial charge on any atom is 0.145 e. The molecule has 1 aliphatic rings. The number of halogens is 1. The molecular formula is C17H16FN3S. The Morgan fingerprint density at radius 3 is 2.95 bits per heavy atom. The van der Waals surface area contributed by atoms with E-state index in [0.717, 1.165) is 31.4 Å². The molecule has 22 heavy (non-hydrogen) atoms. The molecule has 0 radical (unpaired) electrons. The summed E-state index contributed by atoms with van der Waals surface area (Å²) in [5, 5.41) is 3.46. The molecule has 2 heterocycles. The molecule has 1 saturated carbocycles. The summed E-state index contributed by atoms with van der Waals surface area (Å²) in [6, 6.07) is 9.48. The second-order valence-corrected chi connectivity index (χ2v) is 6.76. The first-order valence-corrected chi connectivity index (χ1v) is 8.29. The number of aromatic nitrogens is 2. The maximum absolute atomic E-state index is 13.9. The summed E-state index contributed by atoms with van der Waals surface area (Å²) < 4.78 is 15.1. The molecule has 1 N–H and O–H groups in total. The zero-order chi connectivity index (χ0) is 15.0. The molecule has 0 amide bonds. The summed E-state index contributed by atoms with van der Waals surface area (Å²) in [7, 11) is 0. The van der Waals surface area contributed by atoms with Gasteiger partial charge in [0.15, 0.2) is 0 Å². The fourth-order valence-electron chi connectivity index (χ4n) is 2.88. The van der Waals surface area contributed by atoms with Crippen molar-refractivity contribution in [2.45, 2.75) is 24.8 Å². The molecule has 2 aromatic heterocycles. The van der Waals surface area contributed by atoms with Crippen LogP contribution in [0.2, 0.25) is 0 Å². The van der Waals surface area contributed by atoms with Gasteiger partial charge in [-0.3, -0.25) is 4.98 Å². The zero-order valence-corrected chi connectivity index (χ0v) is 12.9. The standard InChI is InChI=1S/C17H16FN3S/c18-13-2-1-7-20-16(13)17(5-6-17)10-19-9-12-3-4-15-14(8-12)21-11-22-15/h1-4,7-8,11,19H,5-6,9-10H2. The van der Waals surface area contributed by atoms with Crippen LogP contribution < -0.4 is 5.32 Å². The van der Waals surface area contributed by atoms with Crippen molar-refractivity contribution in [2.75, 3.05) is 6.54 Å². The molecule has 0 atom stereocenters.